The zero-order valence-electron chi connectivity index (χ0n) is 15.1. The molecule has 0 atom stereocenters. The van der Waals surface area contributed by atoms with Crippen LogP contribution in [-0.4, -0.2) is 22.9 Å². The number of thiazole rings is 1. The van der Waals surface area contributed by atoms with E-state index in [1.54, 1.807) is 6.20 Å². The second-order valence-electron chi connectivity index (χ2n) is 6.03. The molecule has 0 saturated heterocycles. The van der Waals surface area contributed by atoms with E-state index in [0.29, 0.717) is 16.8 Å². The Balaban J connectivity index is 1.61. The van der Waals surface area contributed by atoms with Crippen LogP contribution in [0.1, 0.15) is 30.3 Å². The number of hydrogen-bond acceptors (Lipinski definition) is 5. The summed E-state index contributed by atoms with van der Waals surface area (Å²) < 4.78 is 47.5. The molecule has 0 amide bonds. The van der Waals surface area contributed by atoms with Gasteiger partial charge in [-0.05, 0) is 44.7 Å². The number of alkyl halides is 3. The number of aromatic nitrogens is 2. The van der Waals surface area contributed by atoms with Crippen LogP contribution in [0, 0.1) is 0 Å². The molecule has 0 aliphatic rings. The van der Waals surface area contributed by atoms with Gasteiger partial charge >= 0.3 is 6.36 Å². The molecular formula is C19H18ClF3N2O2S. The molecule has 1 aromatic carbocycles. The van der Waals surface area contributed by atoms with Crippen molar-refractivity contribution in [1.29, 1.82) is 0 Å². The van der Waals surface area contributed by atoms with Gasteiger partial charge in [-0.3, -0.25) is 4.98 Å². The number of hydrogen-bond donors (Lipinski definition) is 0. The first kappa shape index (κ1) is 20.7. The Morgan fingerprint density at radius 2 is 1.93 bits per heavy atom. The van der Waals surface area contributed by atoms with Crippen molar-refractivity contribution in [2.45, 2.75) is 39.0 Å². The number of ether oxygens (including phenoxy) is 2. The van der Waals surface area contributed by atoms with E-state index in [-0.39, 0.29) is 5.02 Å². The Kier molecular flexibility index (Phi) is 6.61. The normalized spacial score (nSPS) is 11.8. The lowest BCUT2D eigenvalue weighted by molar-refractivity contribution is -0.274. The number of unbranched alkanes of at least 4 members (excludes halogenated alkanes) is 1. The molecule has 3 rings (SSSR count). The van der Waals surface area contributed by atoms with E-state index in [4.69, 9.17) is 16.3 Å². The minimum atomic E-state index is -4.78. The summed E-state index contributed by atoms with van der Waals surface area (Å²) in [7, 11) is 0. The molecule has 150 valence electrons. The monoisotopic (exact) mass is 430 g/mol. The molecule has 0 spiro atoms. The minimum absolute atomic E-state index is 0.110. The first-order valence-corrected chi connectivity index (χ1v) is 9.95. The Morgan fingerprint density at radius 1 is 1.14 bits per heavy atom. The molecule has 0 saturated carbocycles. The Bertz CT molecular complexity index is 947. The van der Waals surface area contributed by atoms with Crippen LogP contribution >= 0.6 is 22.9 Å². The lowest BCUT2D eigenvalue weighted by Crippen LogP contribution is -2.17. The van der Waals surface area contributed by atoms with Gasteiger partial charge in [0.15, 0.2) is 0 Å². The molecule has 4 nitrogen and oxygen atoms in total. The van der Waals surface area contributed by atoms with Crippen LogP contribution in [0.4, 0.5) is 13.2 Å². The van der Waals surface area contributed by atoms with Crippen molar-refractivity contribution in [2.24, 2.45) is 0 Å². The summed E-state index contributed by atoms with van der Waals surface area (Å²) in [6.07, 6.45) is 2.12. The summed E-state index contributed by atoms with van der Waals surface area (Å²) in [6, 6.07) is 4.55. The highest BCUT2D eigenvalue weighted by atomic mass is 35.5. The topological polar surface area (TPSA) is 44.2 Å². The minimum Gasteiger partial charge on any atom is -0.493 e. The van der Waals surface area contributed by atoms with Gasteiger partial charge < -0.3 is 9.47 Å². The summed E-state index contributed by atoms with van der Waals surface area (Å²) in [4.78, 5) is 8.60. The maximum atomic E-state index is 12.4. The van der Waals surface area contributed by atoms with Gasteiger partial charge in [0.05, 0.1) is 26.9 Å². The quantitative estimate of drug-likeness (QED) is 0.399. The summed E-state index contributed by atoms with van der Waals surface area (Å²) in [5.41, 5.74) is 1.64. The third-order valence-electron chi connectivity index (χ3n) is 3.96. The zero-order chi connectivity index (χ0) is 20.1. The fourth-order valence-corrected chi connectivity index (χ4v) is 3.99. The van der Waals surface area contributed by atoms with Crippen LogP contribution in [0.2, 0.25) is 5.02 Å². The number of nitrogens with zero attached hydrogens (tertiary/aromatic N) is 2. The van der Waals surface area contributed by atoms with Crippen molar-refractivity contribution >= 4 is 33.2 Å². The molecule has 0 aliphatic heterocycles. The lowest BCUT2D eigenvalue weighted by Gasteiger charge is -2.09. The molecule has 28 heavy (non-hydrogen) atoms. The largest absolute Gasteiger partial charge is 0.573 e. The lowest BCUT2D eigenvalue weighted by atomic mass is 10.1. The van der Waals surface area contributed by atoms with Gasteiger partial charge in [0, 0.05) is 24.0 Å². The van der Waals surface area contributed by atoms with Crippen molar-refractivity contribution in [3.63, 3.8) is 0 Å². The van der Waals surface area contributed by atoms with E-state index in [1.165, 1.54) is 23.5 Å². The van der Waals surface area contributed by atoms with Crippen LogP contribution in [0.3, 0.4) is 0 Å². The first-order valence-electron chi connectivity index (χ1n) is 8.76. The van der Waals surface area contributed by atoms with E-state index in [1.807, 2.05) is 19.2 Å². The average molecular weight is 431 g/mol. The SMILES string of the molecule is CCOc1ccncc1CCCCc1nc2cc(Cl)c(OC(F)(F)F)cc2s1. The van der Waals surface area contributed by atoms with Gasteiger partial charge in [0.2, 0.25) is 0 Å². The van der Waals surface area contributed by atoms with E-state index in [9.17, 15) is 13.2 Å². The van der Waals surface area contributed by atoms with Gasteiger partial charge in [0.1, 0.15) is 11.5 Å². The number of fused-ring (bicyclic) bond motifs is 1. The second kappa shape index (κ2) is 8.96. The number of pyridine rings is 1. The fourth-order valence-electron chi connectivity index (χ4n) is 2.78. The molecule has 9 heteroatoms. The molecule has 3 aromatic rings. The van der Waals surface area contributed by atoms with Crippen molar-refractivity contribution < 1.29 is 22.6 Å². The van der Waals surface area contributed by atoms with Crippen LogP contribution in [0.25, 0.3) is 10.2 Å². The van der Waals surface area contributed by atoms with Crippen LogP contribution < -0.4 is 9.47 Å². The molecule has 0 bridgehead atoms. The number of aryl methyl sites for hydroxylation is 2. The Morgan fingerprint density at radius 3 is 2.68 bits per heavy atom. The Hall–Kier alpha value is -2.06. The highest BCUT2D eigenvalue weighted by Gasteiger charge is 2.32. The first-order chi connectivity index (χ1) is 13.4. The van der Waals surface area contributed by atoms with E-state index in [2.05, 4.69) is 14.7 Å². The predicted octanol–water partition coefficient (Wildman–Crippen LogP) is 6.21. The molecule has 2 heterocycles. The summed E-state index contributed by atoms with van der Waals surface area (Å²) in [5, 5.41) is 0.744. The van der Waals surface area contributed by atoms with Gasteiger partial charge in [-0.1, -0.05) is 11.6 Å². The third-order valence-corrected chi connectivity index (χ3v) is 5.33. The predicted molar refractivity (Wildman–Crippen MR) is 103 cm³/mol. The van der Waals surface area contributed by atoms with Crippen LogP contribution in [0.15, 0.2) is 30.6 Å². The maximum absolute atomic E-state index is 12.4. The standard InChI is InChI=1S/C19H18ClF3N2O2S/c1-2-26-15-7-8-24-11-12(15)5-3-4-6-18-25-14-9-13(20)16(10-17(14)28-18)27-19(21,22)23/h7-11H,2-6H2,1H3. The zero-order valence-corrected chi connectivity index (χ0v) is 16.6. The van der Waals surface area contributed by atoms with E-state index >= 15 is 0 Å². The Labute approximate surface area is 169 Å². The molecule has 0 fully saturated rings. The fraction of sp³-hybridized carbons (Fsp3) is 0.368. The smallest absolute Gasteiger partial charge is 0.493 e. The summed E-state index contributed by atoms with van der Waals surface area (Å²) in [6.45, 7) is 2.54. The third kappa shape index (κ3) is 5.48. The molecule has 0 radical (unpaired) electrons. The molecule has 0 unspecified atom stereocenters. The van der Waals surface area contributed by atoms with Crippen LogP contribution in [-0.2, 0) is 12.8 Å². The molecule has 0 N–H and O–H groups in total. The van der Waals surface area contributed by atoms with Crippen molar-refractivity contribution in [3.05, 3.63) is 46.2 Å². The second-order valence-corrected chi connectivity index (χ2v) is 7.55. The highest BCUT2D eigenvalue weighted by molar-refractivity contribution is 7.18. The van der Waals surface area contributed by atoms with Crippen molar-refractivity contribution in [3.8, 4) is 11.5 Å². The highest BCUT2D eigenvalue weighted by Crippen LogP contribution is 2.36. The number of benzene rings is 1. The van der Waals surface area contributed by atoms with E-state index < -0.39 is 12.1 Å². The van der Waals surface area contributed by atoms with Gasteiger partial charge in [0.25, 0.3) is 0 Å². The maximum Gasteiger partial charge on any atom is 0.573 e. The van der Waals surface area contributed by atoms with Gasteiger partial charge in [-0.25, -0.2) is 4.98 Å². The van der Waals surface area contributed by atoms with Gasteiger partial charge in [-0.15, -0.1) is 24.5 Å². The number of halogens is 4. The summed E-state index contributed by atoms with van der Waals surface area (Å²) >= 11 is 7.23. The molecule has 2 aromatic heterocycles. The van der Waals surface area contributed by atoms with E-state index in [0.717, 1.165) is 42.0 Å². The average Bonchev–Trinajstić information content (AvgIpc) is 3.01. The summed E-state index contributed by atoms with van der Waals surface area (Å²) in [5.74, 6) is 0.446. The molecule has 0 aliphatic carbocycles. The van der Waals surface area contributed by atoms with Crippen LogP contribution in [0.5, 0.6) is 11.5 Å². The van der Waals surface area contributed by atoms with Crippen molar-refractivity contribution in [1.82, 2.24) is 9.97 Å². The van der Waals surface area contributed by atoms with Gasteiger partial charge in [-0.2, -0.15) is 0 Å². The molecular weight excluding hydrogens is 413 g/mol. The number of rotatable bonds is 8. The van der Waals surface area contributed by atoms with Crippen molar-refractivity contribution in [2.75, 3.05) is 6.61 Å².